The molecular formula is C17H18ClN5O. The maximum atomic E-state index is 12.7. The zero-order chi connectivity index (χ0) is 16.8. The molecule has 0 bridgehead atoms. The normalized spacial score (nSPS) is 14.4. The van der Waals surface area contributed by atoms with Gasteiger partial charge in [0.2, 0.25) is 0 Å². The average molecular weight is 344 g/mol. The lowest BCUT2D eigenvalue weighted by Gasteiger charge is -2.31. The van der Waals surface area contributed by atoms with Crippen LogP contribution in [0.3, 0.4) is 0 Å². The molecule has 124 valence electrons. The van der Waals surface area contributed by atoms with Crippen molar-refractivity contribution < 1.29 is 0 Å². The Morgan fingerprint density at radius 1 is 1.21 bits per heavy atom. The minimum absolute atomic E-state index is 0.0132. The maximum absolute atomic E-state index is 12.7. The van der Waals surface area contributed by atoms with Crippen LogP contribution in [-0.4, -0.2) is 25.9 Å². The minimum Gasteiger partial charge on any atom is -0.361 e. The molecule has 4 rings (SSSR count). The number of hydrogen-bond acceptors (Lipinski definition) is 4. The Morgan fingerprint density at radius 3 is 2.75 bits per heavy atom. The molecule has 1 aliphatic rings. The number of benzene rings is 1. The number of halogens is 1. The number of hydrogen-bond donors (Lipinski definition) is 0. The highest BCUT2D eigenvalue weighted by molar-refractivity contribution is 6.33. The molecule has 0 spiro atoms. The predicted molar refractivity (Wildman–Crippen MR) is 94.7 cm³/mol. The number of para-hydroxylation sites is 1. The van der Waals surface area contributed by atoms with Crippen LogP contribution in [0.5, 0.6) is 0 Å². The lowest BCUT2D eigenvalue weighted by atomic mass is 10.2. The summed E-state index contributed by atoms with van der Waals surface area (Å²) >= 11 is 6.32. The third-order valence-electron chi connectivity index (χ3n) is 4.40. The molecule has 0 N–H and O–H groups in total. The summed E-state index contributed by atoms with van der Waals surface area (Å²) in [7, 11) is 0. The first-order valence-electron chi connectivity index (χ1n) is 8.02. The Morgan fingerprint density at radius 2 is 2.00 bits per heavy atom. The first-order valence-corrected chi connectivity index (χ1v) is 8.40. The van der Waals surface area contributed by atoms with Gasteiger partial charge in [0.25, 0.3) is 5.56 Å². The van der Waals surface area contributed by atoms with E-state index in [2.05, 4.69) is 10.00 Å². The first kappa shape index (κ1) is 15.2. The SMILES string of the molecule is CC(C)n1ncc2c(=O)n3c(nc21)CN(c1ccccc1Cl)CC3. The Labute approximate surface area is 144 Å². The van der Waals surface area contributed by atoms with Crippen molar-refractivity contribution in [3.8, 4) is 0 Å². The molecule has 0 amide bonds. The van der Waals surface area contributed by atoms with Crippen LogP contribution in [0.4, 0.5) is 5.69 Å². The first-order chi connectivity index (χ1) is 11.6. The molecule has 7 heteroatoms. The zero-order valence-corrected chi connectivity index (χ0v) is 14.4. The van der Waals surface area contributed by atoms with Gasteiger partial charge in [-0.3, -0.25) is 9.36 Å². The van der Waals surface area contributed by atoms with Gasteiger partial charge in [0.1, 0.15) is 11.2 Å². The molecule has 1 aliphatic heterocycles. The van der Waals surface area contributed by atoms with Crippen LogP contribution in [-0.2, 0) is 13.1 Å². The summed E-state index contributed by atoms with van der Waals surface area (Å²) in [6.07, 6.45) is 1.62. The van der Waals surface area contributed by atoms with E-state index in [4.69, 9.17) is 16.6 Å². The second kappa shape index (κ2) is 5.63. The monoisotopic (exact) mass is 343 g/mol. The van der Waals surface area contributed by atoms with E-state index in [0.29, 0.717) is 29.1 Å². The summed E-state index contributed by atoms with van der Waals surface area (Å²) in [5.41, 5.74) is 1.61. The van der Waals surface area contributed by atoms with E-state index in [1.165, 1.54) is 0 Å². The number of fused-ring (bicyclic) bond motifs is 2. The largest absolute Gasteiger partial charge is 0.361 e. The molecule has 6 nitrogen and oxygen atoms in total. The van der Waals surface area contributed by atoms with Gasteiger partial charge in [-0.05, 0) is 26.0 Å². The highest BCUT2D eigenvalue weighted by Crippen LogP contribution is 2.28. The van der Waals surface area contributed by atoms with Crippen LogP contribution in [0.15, 0.2) is 35.3 Å². The summed E-state index contributed by atoms with van der Waals surface area (Å²) < 4.78 is 3.55. The molecule has 0 aliphatic carbocycles. The Balaban J connectivity index is 1.82. The highest BCUT2D eigenvalue weighted by Gasteiger charge is 2.23. The smallest absolute Gasteiger partial charge is 0.264 e. The van der Waals surface area contributed by atoms with E-state index in [9.17, 15) is 4.79 Å². The van der Waals surface area contributed by atoms with Crippen LogP contribution in [0.2, 0.25) is 5.02 Å². The topological polar surface area (TPSA) is 56.0 Å². The van der Waals surface area contributed by atoms with Crippen molar-refractivity contribution in [3.63, 3.8) is 0 Å². The molecule has 0 saturated heterocycles. The van der Waals surface area contributed by atoms with Gasteiger partial charge >= 0.3 is 0 Å². The Hall–Kier alpha value is -2.34. The van der Waals surface area contributed by atoms with Gasteiger partial charge in [0, 0.05) is 19.1 Å². The van der Waals surface area contributed by atoms with Crippen molar-refractivity contribution in [2.75, 3.05) is 11.4 Å². The molecule has 0 saturated carbocycles. The van der Waals surface area contributed by atoms with Crippen LogP contribution in [0, 0.1) is 0 Å². The quantitative estimate of drug-likeness (QED) is 0.718. The van der Waals surface area contributed by atoms with Crippen LogP contribution < -0.4 is 10.5 Å². The van der Waals surface area contributed by atoms with E-state index in [-0.39, 0.29) is 11.6 Å². The summed E-state index contributed by atoms with van der Waals surface area (Å²) in [4.78, 5) is 19.6. The van der Waals surface area contributed by atoms with E-state index >= 15 is 0 Å². The predicted octanol–water partition coefficient (Wildman–Crippen LogP) is 2.85. The number of anilines is 1. The second-order valence-corrected chi connectivity index (χ2v) is 6.69. The molecule has 0 atom stereocenters. The molecular weight excluding hydrogens is 326 g/mol. The van der Waals surface area contributed by atoms with Gasteiger partial charge in [-0.1, -0.05) is 23.7 Å². The van der Waals surface area contributed by atoms with Gasteiger partial charge in [0.15, 0.2) is 5.65 Å². The maximum Gasteiger partial charge on any atom is 0.264 e. The van der Waals surface area contributed by atoms with Gasteiger partial charge < -0.3 is 4.90 Å². The fraction of sp³-hybridized carbons (Fsp3) is 0.353. The summed E-state index contributed by atoms with van der Waals surface area (Å²) in [6.45, 7) is 5.93. The Bertz CT molecular complexity index is 975. The van der Waals surface area contributed by atoms with Crippen LogP contribution in [0.1, 0.15) is 25.7 Å². The molecule has 3 heterocycles. The van der Waals surface area contributed by atoms with Crippen molar-refractivity contribution in [1.29, 1.82) is 0 Å². The highest BCUT2D eigenvalue weighted by atomic mass is 35.5. The van der Waals surface area contributed by atoms with Gasteiger partial charge in [-0.15, -0.1) is 0 Å². The molecule has 0 unspecified atom stereocenters. The van der Waals surface area contributed by atoms with Crippen LogP contribution >= 0.6 is 11.6 Å². The molecule has 0 fully saturated rings. The lowest BCUT2D eigenvalue weighted by molar-refractivity contribution is 0.522. The summed E-state index contributed by atoms with van der Waals surface area (Å²) in [5, 5.41) is 5.62. The number of rotatable bonds is 2. The third-order valence-corrected chi connectivity index (χ3v) is 4.72. The van der Waals surface area contributed by atoms with Crippen LogP contribution in [0.25, 0.3) is 11.0 Å². The number of aromatic nitrogens is 4. The third kappa shape index (κ3) is 2.29. The van der Waals surface area contributed by atoms with Gasteiger partial charge in [-0.25, -0.2) is 9.67 Å². The van der Waals surface area contributed by atoms with Gasteiger partial charge in [0.05, 0.1) is 23.5 Å². The van der Waals surface area contributed by atoms with E-state index in [1.807, 2.05) is 38.1 Å². The molecule has 24 heavy (non-hydrogen) atoms. The lowest BCUT2D eigenvalue weighted by Crippen LogP contribution is -2.40. The fourth-order valence-electron chi connectivity index (χ4n) is 3.18. The van der Waals surface area contributed by atoms with Crippen molar-refractivity contribution in [2.45, 2.75) is 33.0 Å². The van der Waals surface area contributed by atoms with Gasteiger partial charge in [-0.2, -0.15) is 5.10 Å². The average Bonchev–Trinajstić information content (AvgIpc) is 2.99. The van der Waals surface area contributed by atoms with Crippen molar-refractivity contribution in [1.82, 2.24) is 19.3 Å². The second-order valence-electron chi connectivity index (χ2n) is 6.28. The van der Waals surface area contributed by atoms with Crippen molar-refractivity contribution in [2.24, 2.45) is 0 Å². The summed E-state index contributed by atoms with van der Waals surface area (Å²) in [6, 6.07) is 7.90. The fourth-order valence-corrected chi connectivity index (χ4v) is 3.43. The van der Waals surface area contributed by atoms with E-state index in [1.54, 1.807) is 15.4 Å². The van der Waals surface area contributed by atoms with Crippen molar-refractivity contribution >= 4 is 28.3 Å². The summed E-state index contributed by atoms with van der Waals surface area (Å²) in [5.74, 6) is 0.751. The van der Waals surface area contributed by atoms with E-state index in [0.717, 1.165) is 18.1 Å². The Kier molecular flexibility index (Phi) is 3.57. The molecule has 1 aromatic carbocycles. The molecule has 3 aromatic rings. The van der Waals surface area contributed by atoms with E-state index < -0.39 is 0 Å². The van der Waals surface area contributed by atoms with Crippen molar-refractivity contribution in [3.05, 3.63) is 51.7 Å². The molecule has 2 aromatic heterocycles. The zero-order valence-electron chi connectivity index (χ0n) is 13.6. The molecule has 0 radical (unpaired) electrons. The minimum atomic E-state index is -0.0132. The number of nitrogens with zero attached hydrogens (tertiary/aromatic N) is 5. The standard InChI is InChI=1S/C17H18ClN5O/c1-11(2)23-16-12(9-19-23)17(24)22-8-7-21(10-15(22)20-16)14-6-4-3-5-13(14)18/h3-6,9,11H,7-8,10H2,1-2H3.